The molecule has 6 saturated heterocycles. The average Bonchev–Trinajstić information content (AvgIpc) is 4.30. The van der Waals surface area contributed by atoms with E-state index in [0.717, 1.165) is 131 Å². The van der Waals surface area contributed by atoms with Gasteiger partial charge in [-0.05, 0) is 223 Å². The quantitative estimate of drug-likeness (QED) is 0.108. The van der Waals surface area contributed by atoms with Gasteiger partial charge in [-0.1, -0.05) is 103 Å². The number of nitrogens with zero attached hydrogens (tertiary/aromatic N) is 2. The highest BCUT2D eigenvalue weighted by molar-refractivity contribution is 5.17. The zero-order valence-corrected chi connectivity index (χ0v) is 51.0. The summed E-state index contributed by atoms with van der Waals surface area (Å²) in [5.74, 6) is 13.7. The zero-order valence-electron chi connectivity index (χ0n) is 51.0. The summed E-state index contributed by atoms with van der Waals surface area (Å²) in [4.78, 5) is 6.99. The van der Waals surface area contributed by atoms with Crippen LogP contribution in [-0.4, -0.2) is 123 Å². The molecule has 80 heavy (non-hydrogen) atoms. The lowest BCUT2D eigenvalue weighted by Crippen LogP contribution is -2.61. The van der Waals surface area contributed by atoms with Crippen LogP contribution in [0.2, 0.25) is 0 Å². The number of hydrogen-bond acceptors (Lipinski definition) is 10. The van der Waals surface area contributed by atoms with E-state index in [1.165, 1.54) is 271 Å². The van der Waals surface area contributed by atoms with E-state index in [1.54, 1.807) is 12.8 Å². The van der Waals surface area contributed by atoms with Gasteiger partial charge in [-0.15, -0.1) is 0 Å². The molecular weight excluding hydrogens is 981 g/mol. The van der Waals surface area contributed by atoms with Gasteiger partial charge in [0.2, 0.25) is 0 Å². The maximum Gasteiger partial charge on any atom is 0.0600 e. The van der Waals surface area contributed by atoms with E-state index in [1.807, 2.05) is 0 Å². The Kier molecular flexibility index (Phi) is 18.1. The monoisotopic (exact) mass is 1100 g/mol. The van der Waals surface area contributed by atoms with Crippen LogP contribution in [0.1, 0.15) is 231 Å². The third kappa shape index (κ3) is 11.5. The van der Waals surface area contributed by atoms with E-state index in [0.29, 0.717) is 24.7 Å². The Bertz CT molecular complexity index is 1690. The largest absolute Gasteiger partial charge is 0.301 e. The minimum atomic E-state index is 0.558. The first-order chi connectivity index (χ1) is 39.6. The summed E-state index contributed by atoms with van der Waals surface area (Å²) in [5.41, 5.74) is 0. The van der Waals surface area contributed by atoms with Gasteiger partial charge in [-0.3, -0.25) is 9.80 Å². The second kappa shape index (κ2) is 25.7. The molecular formula is C70H122N10. The van der Waals surface area contributed by atoms with Crippen LogP contribution in [0.4, 0.5) is 0 Å². The topological polar surface area (TPSA) is 103 Å². The summed E-state index contributed by atoms with van der Waals surface area (Å²) >= 11 is 0. The molecule has 12 unspecified atom stereocenters. The van der Waals surface area contributed by atoms with Crippen LogP contribution in [0.25, 0.3) is 0 Å². The molecule has 15 aliphatic rings. The second-order valence-electron chi connectivity index (χ2n) is 32.4. The summed E-state index contributed by atoms with van der Waals surface area (Å²) < 4.78 is 0. The van der Waals surface area contributed by atoms with Crippen LogP contribution in [0, 0.1) is 94.7 Å². The van der Waals surface area contributed by atoms with E-state index in [4.69, 9.17) is 0 Å². The lowest BCUT2D eigenvalue weighted by atomic mass is 9.61. The van der Waals surface area contributed by atoms with Gasteiger partial charge in [0, 0.05) is 88.6 Å². The van der Waals surface area contributed by atoms with E-state index < -0.39 is 0 Å². The first-order valence-electron chi connectivity index (χ1n) is 37.1. The number of fused-ring (bicyclic) bond motifs is 7. The molecule has 0 spiro atoms. The molecule has 6 aliphatic heterocycles. The van der Waals surface area contributed by atoms with Gasteiger partial charge in [0.25, 0.3) is 0 Å². The predicted octanol–water partition coefficient (Wildman–Crippen LogP) is 10.9. The number of rotatable bonds is 10. The van der Waals surface area contributed by atoms with Crippen LogP contribution < -0.4 is 42.5 Å². The summed E-state index contributed by atoms with van der Waals surface area (Å²) in [6.45, 7) is 10.1. The molecule has 0 bridgehead atoms. The van der Waals surface area contributed by atoms with Gasteiger partial charge < -0.3 is 42.5 Å². The van der Waals surface area contributed by atoms with Crippen LogP contribution in [0.5, 0.6) is 0 Å². The van der Waals surface area contributed by atoms with Gasteiger partial charge in [0.05, 0.1) is 24.7 Å². The van der Waals surface area contributed by atoms with Crippen molar-refractivity contribution in [1.29, 1.82) is 0 Å². The first kappa shape index (κ1) is 56.1. The number of likely N-dealkylation sites (tertiary alicyclic amines) is 2. The highest BCUT2D eigenvalue weighted by Crippen LogP contribution is 2.62. The standard InChI is InChI=1S/C70H122N10/c1-5-17-45(18-6-1)67-71-37-53(38-72-67)49-31-50(54-39-73-68(74-40-54)46-19-7-2-8-20-46)34-57(33-49)79-61-27-15-13-25-59(61)65-63(79)29-30-64-66(65)60-26-14-16-28-62(60)80(64)58-35-51(55-41-75-69(76-42-55)47-21-9-3-10-22-47)32-52(36-58)56-43-77-70(78-44-56)48-23-11-4-12-24-48/h45-78H,1-44H2. The summed E-state index contributed by atoms with van der Waals surface area (Å²) in [6, 6.07) is 4.96. The normalized spacial score (nSPS) is 49.4. The molecule has 8 N–H and O–H groups in total. The molecule has 0 aromatic heterocycles. The highest BCUT2D eigenvalue weighted by Gasteiger charge is 2.64. The molecule has 6 heterocycles. The fourth-order valence-electron chi connectivity index (χ4n) is 24.7. The Morgan fingerprint density at radius 2 is 0.450 bits per heavy atom. The van der Waals surface area contributed by atoms with Crippen LogP contribution in [0.15, 0.2) is 0 Å². The Hall–Kier alpha value is -0.400. The average molecular weight is 1100 g/mol. The molecule has 0 radical (unpaired) electrons. The molecule has 15 rings (SSSR count). The Balaban J connectivity index is 0.686. The van der Waals surface area contributed by atoms with Crippen molar-refractivity contribution in [3.63, 3.8) is 0 Å². The molecule has 12 atom stereocenters. The van der Waals surface area contributed by atoms with Gasteiger partial charge in [0.1, 0.15) is 0 Å². The second-order valence-corrected chi connectivity index (χ2v) is 32.4. The van der Waals surface area contributed by atoms with Gasteiger partial charge in [-0.2, -0.15) is 0 Å². The number of hydrogen-bond donors (Lipinski definition) is 8. The molecule has 10 nitrogen and oxygen atoms in total. The third-order valence-electron chi connectivity index (χ3n) is 28.5. The van der Waals surface area contributed by atoms with E-state index >= 15 is 0 Å². The maximum atomic E-state index is 4.23. The van der Waals surface area contributed by atoms with Gasteiger partial charge in [-0.25, -0.2) is 0 Å². The van der Waals surface area contributed by atoms with E-state index in [9.17, 15) is 0 Å². The molecule has 9 aliphatic carbocycles. The summed E-state index contributed by atoms with van der Waals surface area (Å²) in [5, 5.41) is 33.9. The minimum absolute atomic E-state index is 0.558. The minimum Gasteiger partial charge on any atom is -0.301 e. The first-order valence-corrected chi connectivity index (χ1v) is 37.1. The van der Waals surface area contributed by atoms with Crippen LogP contribution in [0.3, 0.4) is 0 Å². The van der Waals surface area contributed by atoms with Crippen molar-refractivity contribution in [2.45, 2.75) is 292 Å². The number of nitrogens with one attached hydrogen (secondary N) is 8. The highest BCUT2D eigenvalue weighted by atomic mass is 15.3. The van der Waals surface area contributed by atoms with Gasteiger partial charge >= 0.3 is 0 Å². The maximum absolute atomic E-state index is 4.23. The summed E-state index contributed by atoms with van der Waals surface area (Å²) in [6.07, 6.45) is 55.1. The van der Waals surface area contributed by atoms with Crippen molar-refractivity contribution in [3.8, 4) is 0 Å². The fraction of sp³-hybridized carbons (Fsp3) is 1.00. The van der Waals surface area contributed by atoms with Crippen LogP contribution >= 0.6 is 0 Å². The fourth-order valence-corrected chi connectivity index (χ4v) is 24.7. The van der Waals surface area contributed by atoms with Crippen molar-refractivity contribution in [1.82, 2.24) is 52.3 Å². The Labute approximate surface area is 489 Å². The smallest absolute Gasteiger partial charge is 0.0600 e. The lowest BCUT2D eigenvalue weighted by Gasteiger charge is -2.52. The predicted molar refractivity (Wildman–Crippen MR) is 328 cm³/mol. The Morgan fingerprint density at radius 3 is 0.725 bits per heavy atom. The lowest BCUT2D eigenvalue weighted by molar-refractivity contribution is -0.0209. The van der Waals surface area contributed by atoms with Crippen molar-refractivity contribution < 1.29 is 0 Å². The Morgan fingerprint density at radius 1 is 0.200 bits per heavy atom. The summed E-state index contributed by atoms with van der Waals surface area (Å²) in [7, 11) is 0. The van der Waals surface area contributed by atoms with Crippen LogP contribution in [-0.2, 0) is 0 Å². The van der Waals surface area contributed by atoms with E-state index in [2.05, 4.69) is 52.3 Å². The molecule has 0 aromatic carbocycles. The SMILES string of the molecule is C1CCC(C2NCC(C3CC(C4CNC(C5CCCCC5)NC4)CC(N4C5CCCCC5C5C6C7CCCCC7N(C7CC(C8CNC(C9CCCCC9)NC8)CC(C8CNC(C9CCCCC9)NC8)C7)C6CCC54)C3)CN2)CC1. The van der Waals surface area contributed by atoms with Crippen molar-refractivity contribution >= 4 is 0 Å². The van der Waals surface area contributed by atoms with Crippen molar-refractivity contribution in [2.24, 2.45) is 94.7 Å². The zero-order chi connectivity index (χ0) is 52.9. The van der Waals surface area contributed by atoms with Crippen molar-refractivity contribution in [3.05, 3.63) is 0 Å². The third-order valence-corrected chi connectivity index (χ3v) is 28.5. The van der Waals surface area contributed by atoms with E-state index in [-0.39, 0.29) is 0 Å². The molecule has 15 fully saturated rings. The molecule has 0 aromatic rings. The molecule has 10 heteroatoms. The molecule has 9 saturated carbocycles. The molecule has 0 amide bonds. The van der Waals surface area contributed by atoms with Gasteiger partial charge in [0.15, 0.2) is 0 Å². The molecule has 452 valence electrons. The van der Waals surface area contributed by atoms with Crippen molar-refractivity contribution in [2.75, 3.05) is 52.4 Å².